The molecule has 0 bridgehead atoms. The minimum absolute atomic E-state index is 0.0369. The van der Waals surface area contributed by atoms with E-state index < -0.39 is 11.6 Å². The molecule has 0 aromatic rings. The molecule has 0 aromatic heterocycles. The van der Waals surface area contributed by atoms with Crippen molar-refractivity contribution in [1.82, 2.24) is 0 Å². The molecule has 0 fully saturated rings. The van der Waals surface area contributed by atoms with E-state index in [0.29, 0.717) is 6.42 Å². The van der Waals surface area contributed by atoms with Gasteiger partial charge in [0.1, 0.15) is 0 Å². The molecular weight excluding hydrogens is 192 g/mol. The molecule has 86 valence electrons. The van der Waals surface area contributed by atoms with Crippen molar-refractivity contribution in [3.8, 4) is 0 Å². The molecule has 3 nitrogen and oxygen atoms in total. The highest BCUT2D eigenvalue weighted by atomic mass is 16.4. The Morgan fingerprint density at radius 2 is 2.07 bits per heavy atom. The van der Waals surface area contributed by atoms with E-state index in [9.17, 15) is 9.90 Å². The van der Waals surface area contributed by atoms with Crippen LogP contribution in [0, 0.1) is 5.92 Å². The van der Waals surface area contributed by atoms with Gasteiger partial charge in [0.05, 0.1) is 12.0 Å². The monoisotopic (exact) mass is 212 g/mol. The minimum atomic E-state index is -1.01. The van der Waals surface area contributed by atoms with Crippen LogP contribution in [0.3, 0.4) is 0 Å². The maximum atomic E-state index is 10.6. The highest BCUT2D eigenvalue weighted by Gasteiger charge is 2.22. The molecule has 0 aliphatic carbocycles. The van der Waals surface area contributed by atoms with Crippen LogP contribution < -0.4 is 0 Å². The lowest BCUT2D eigenvalue weighted by molar-refractivity contribution is -0.138. The number of carboxylic acids is 1. The van der Waals surface area contributed by atoms with Gasteiger partial charge in [0.25, 0.3) is 0 Å². The van der Waals surface area contributed by atoms with E-state index in [0.717, 1.165) is 5.57 Å². The molecule has 0 heterocycles. The van der Waals surface area contributed by atoms with Crippen molar-refractivity contribution in [2.45, 2.75) is 39.2 Å². The molecule has 3 heteroatoms. The summed E-state index contributed by atoms with van der Waals surface area (Å²) in [5, 5.41) is 18.5. The molecule has 2 atom stereocenters. The summed E-state index contributed by atoms with van der Waals surface area (Å²) in [5.74, 6) is -1.00. The van der Waals surface area contributed by atoms with Crippen LogP contribution in [0.5, 0.6) is 0 Å². The highest BCUT2D eigenvalue weighted by Crippen LogP contribution is 2.22. The Hall–Kier alpha value is -1.09. The summed E-state index contributed by atoms with van der Waals surface area (Å²) in [6.45, 7) is 8.99. The Morgan fingerprint density at radius 1 is 1.53 bits per heavy atom. The molecule has 0 spiro atoms. The first-order valence-electron chi connectivity index (χ1n) is 4.99. The lowest BCUT2D eigenvalue weighted by Crippen LogP contribution is -2.25. The van der Waals surface area contributed by atoms with Crippen molar-refractivity contribution in [3.63, 3.8) is 0 Å². The van der Waals surface area contributed by atoms with Crippen molar-refractivity contribution >= 4 is 5.97 Å². The third-order valence-corrected chi connectivity index (χ3v) is 2.12. The van der Waals surface area contributed by atoms with Crippen LogP contribution in [-0.2, 0) is 4.79 Å². The van der Waals surface area contributed by atoms with Gasteiger partial charge in [-0.3, -0.25) is 4.79 Å². The zero-order valence-electron chi connectivity index (χ0n) is 9.66. The van der Waals surface area contributed by atoms with Crippen molar-refractivity contribution in [2.24, 2.45) is 5.92 Å². The van der Waals surface area contributed by atoms with E-state index >= 15 is 0 Å². The zero-order valence-corrected chi connectivity index (χ0v) is 9.66. The van der Waals surface area contributed by atoms with E-state index in [4.69, 9.17) is 5.11 Å². The fourth-order valence-corrected chi connectivity index (χ4v) is 1.50. The van der Waals surface area contributed by atoms with E-state index in [1.54, 1.807) is 6.92 Å². The average molecular weight is 212 g/mol. The number of rotatable bonds is 6. The molecule has 0 saturated heterocycles. The van der Waals surface area contributed by atoms with Gasteiger partial charge in [-0.25, -0.2) is 0 Å². The quantitative estimate of drug-likeness (QED) is 0.664. The van der Waals surface area contributed by atoms with Crippen LogP contribution >= 0.6 is 0 Å². The second kappa shape index (κ2) is 5.71. The third-order valence-electron chi connectivity index (χ3n) is 2.12. The van der Waals surface area contributed by atoms with Crippen LogP contribution in [0.4, 0.5) is 0 Å². The Labute approximate surface area is 91.1 Å². The van der Waals surface area contributed by atoms with Gasteiger partial charge in [0, 0.05) is 0 Å². The third kappa shape index (κ3) is 6.91. The SMILES string of the molecule is C=CC(C)(O)CC(C=C(C)C)CC(=O)O. The molecule has 0 rings (SSSR count). The largest absolute Gasteiger partial charge is 0.481 e. The number of carboxylic acid groups (broad SMARTS) is 1. The molecule has 0 aliphatic heterocycles. The lowest BCUT2D eigenvalue weighted by Gasteiger charge is -2.23. The maximum Gasteiger partial charge on any atom is 0.303 e. The standard InChI is InChI=1S/C12H20O3/c1-5-12(4,15)8-10(6-9(2)3)7-11(13)14/h5-6,10,15H,1,7-8H2,2-4H3,(H,13,14). The Balaban J connectivity index is 4.58. The Morgan fingerprint density at radius 3 is 2.40 bits per heavy atom. The summed E-state index contributed by atoms with van der Waals surface area (Å²) in [5.41, 5.74) is 0.0487. The lowest BCUT2D eigenvalue weighted by atomic mass is 9.88. The van der Waals surface area contributed by atoms with Crippen LogP contribution in [-0.4, -0.2) is 21.8 Å². The number of carbonyl (C=O) groups is 1. The Kier molecular flexibility index (Phi) is 5.29. The summed E-state index contributed by atoms with van der Waals surface area (Å²) >= 11 is 0. The molecule has 0 amide bonds. The molecular formula is C12H20O3. The van der Waals surface area contributed by atoms with Gasteiger partial charge in [-0.15, -0.1) is 6.58 Å². The van der Waals surface area contributed by atoms with Gasteiger partial charge >= 0.3 is 5.97 Å². The summed E-state index contributed by atoms with van der Waals surface area (Å²) in [7, 11) is 0. The zero-order chi connectivity index (χ0) is 12.1. The number of hydrogen-bond acceptors (Lipinski definition) is 2. The van der Waals surface area contributed by atoms with Crippen LogP contribution in [0.1, 0.15) is 33.6 Å². The predicted octanol–water partition coefficient (Wildman–Crippen LogP) is 2.37. The molecule has 2 N–H and O–H groups in total. The smallest absolute Gasteiger partial charge is 0.303 e. The van der Waals surface area contributed by atoms with Gasteiger partial charge in [-0.1, -0.05) is 17.7 Å². The summed E-state index contributed by atoms with van der Waals surface area (Å²) < 4.78 is 0. The van der Waals surface area contributed by atoms with Gasteiger partial charge in [-0.2, -0.15) is 0 Å². The molecule has 0 radical (unpaired) electrons. The summed E-state index contributed by atoms with van der Waals surface area (Å²) in [6, 6.07) is 0. The maximum absolute atomic E-state index is 10.6. The van der Waals surface area contributed by atoms with Gasteiger partial charge in [-0.05, 0) is 33.1 Å². The van der Waals surface area contributed by atoms with Crippen molar-refractivity contribution in [1.29, 1.82) is 0 Å². The van der Waals surface area contributed by atoms with E-state index in [-0.39, 0.29) is 12.3 Å². The van der Waals surface area contributed by atoms with E-state index in [2.05, 4.69) is 6.58 Å². The fraction of sp³-hybridized carbons (Fsp3) is 0.583. The number of aliphatic carboxylic acids is 1. The van der Waals surface area contributed by atoms with E-state index in [1.165, 1.54) is 6.08 Å². The van der Waals surface area contributed by atoms with Crippen molar-refractivity contribution in [3.05, 3.63) is 24.3 Å². The Bertz CT molecular complexity index is 260. The normalized spacial score (nSPS) is 16.3. The second-order valence-corrected chi connectivity index (χ2v) is 4.37. The minimum Gasteiger partial charge on any atom is -0.481 e. The summed E-state index contributed by atoms with van der Waals surface area (Å²) in [6.07, 6.45) is 3.75. The van der Waals surface area contributed by atoms with E-state index in [1.807, 2.05) is 19.9 Å². The van der Waals surface area contributed by atoms with Crippen molar-refractivity contribution < 1.29 is 15.0 Å². The van der Waals surface area contributed by atoms with Crippen LogP contribution in [0.2, 0.25) is 0 Å². The van der Waals surface area contributed by atoms with Gasteiger partial charge < -0.3 is 10.2 Å². The highest BCUT2D eigenvalue weighted by molar-refractivity contribution is 5.67. The summed E-state index contributed by atoms with van der Waals surface area (Å²) in [4.78, 5) is 10.6. The first-order valence-corrected chi connectivity index (χ1v) is 4.99. The predicted molar refractivity (Wildman–Crippen MR) is 60.6 cm³/mol. The fourth-order valence-electron chi connectivity index (χ4n) is 1.50. The average Bonchev–Trinajstić information content (AvgIpc) is 2.00. The molecule has 0 saturated carbocycles. The molecule has 0 aromatic carbocycles. The number of hydrogen-bond donors (Lipinski definition) is 2. The first kappa shape index (κ1) is 13.9. The first-order chi connectivity index (χ1) is 6.76. The van der Waals surface area contributed by atoms with Gasteiger partial charge in [0.2, 0.25) is 0 Å². The molecule has 0 aliphatic rings. The van der Waals surface area contributed by atoms with Crippen molar-refractivity contribution in [2.75, 3.05) is 0 Å². The van der Waals surface area contributed by atoms with Crippen LogP contribution in [0.25, 0.3) is 0 Å². The number of aliphatic hydroxyl groups is 1. The molecule has 15 heavy (non-hydrogen) atoms. The van der Waals surface area contributed by atoms with Crippen LogP contribution in [0.15, 0.2) is 24.3 Å². The van der Waals surface area contributed by atoms with Gasteiger partial charge in [0.15, 0.2) is 0 Å². The molecule has 2 unspecified atom stereocenters. The number of allylic oxidation sites excluding steroid dienone is 2. The second-order valence-electron chi connectivity index (χ2n) is 4.37. The topological polar surface area (TPSA) is 57.5 Å².